The second-order valence-electron chi connectivity index (χ2n) is 5.52. The van der Waals surface area contributed by atoms with Gasteiger partial charge < -0.3 is 9.47 Å². The van der Waals surface area contributed by atoms with Gasteiger partial charge in [-0.25, -0.2) is 0 Å². The molecule has 0 aliphatic heterocycles. The summed E-state index contributed by atoms with van der Waals surface area (Å²) in [7, 11) is 0. The zero-order chi connectivity index (χ0) is 15.8. The summed E-state index contributed by atoms with van der Waals surface area (Å²) in [5, 5.41) is 2.40. The van der Waals surface area contributed by atoms with Gasteiger partial charge >= 0.3 is 0 Å². The topological polar surface area (TPSA) is 18.5 Å². The highest BCUT2D eigenvalue weighted by molar-refractivity contribution is 6.17. The molecule has 2 aromatic carbocycles. The summed E-state index contributed by atoms with van der Waals surface area (Å²) < 4.78 is 11.6. The lowest BCUT2D eigenvalue weighted by Gasteiger charge is -2.12. The number of alkyl halides is 1. The van der Waals surface area contributed by atoms with Crippen LogP contribution in [0, 0.1) is 6.92 Å². The number of fused-ring (bicyclic) bond motifs is 1. The number of unbranched alkanes of at least 4 members (excludes halogenated alkanes) is 2. The van der Waals surface area contributed by atoms with Crippen LogP contribution in [0.4, 0.5) is 0 Å². The molecule has 0 N–H and O–H groups in total. The van der Waals surface area contributed by atoms with E-state index < -0.39 is 0 Å². The van der Waals surface area contributed by atoms with Crippen molar-refractivity contribution in [1.29, 1.82) is 0 Å². The fourth-order valence-corrected chi connectivity index (χ4v) is 2.58. The van der Waals surface area contributed by atoms with Crippen LogP contribution in [0.15, 0.2) is 30.3 Å². The maximum Gasteiger partial charge on any atom is 0.122 e. The number of benzene rings is 2. The van der Waals surface area contributed by atoms with Crippen LogP contribution in [0.25, 0.3) is 10.8 Å². The zero-order valence-electron chi connectivity index (χ0n) is 13.5. The first-order valence-electron chi connectivity index (χ1n) is 8.11. The van der Waals surface area contributed by atoms with Crippen molar-refractivity contribution in [3.63, 3.8) is 0 Å². The molecule has 0 fully saturated rings. The predicted octanol–water partition coefficient (Wildman–Crippen LogP) is 5.72. The minimum absolute atomic E-state index is 0.630. The van der Waals surface area contributed by atoms with Gasteiger partial charge in [-0.1, -0.05) is 31.9 Å². The van der Waals surface area contributed by atoms with Gasteiger partial charge in [0.1, 0.15) is 11.5 Å². The van der Waals surface area contributed by atoms with E-state index in [9.17, 15) is 0 Å². The Morgan fingerprint density at radius 1 is 0.955 bits per heavy atom. The van der Waals surface area contributed by atoms with E-state index >= 15 is 0 Å². The van der Waals surface area contributed by atoms with Crippen molar-refractivity contribution < 1.29 is 9.47 Å². The molecule has 0 aliphatic carbocycles. The minimum Gasteiger partial charge on any atom is -0.494 e. The third kappa shape index (κ3) is 4.54. The van der Waals surface area contributed by atoms with Gasteiger partial charge in [0, 0.05) is 5.88 Å². The van der Waals surface area contributed by atoms with Crippen molar-refractivity contribution in [2.24, 2.45) is 0 Å². The van der Waals surface area contributed by atoms with Crippen LogP contribution in [0.3, 0.4) is 0 Å². The van der Waals surface area contributed by atoms with Crippen LogP contribution >= 0.6 is 11.6 Å². The summed E-state index contributed by atoms with van der Waals surface area (Å²) in [5.74, 6) is 2.51. The van der Waals surface area contributed by atoms with Crippen LogP contribution in [0.5, 0.6) is 11.5 Å². The van der Waals surface area contributed by atoms with Gasteiger partial charge in [-0.15, -0.1) is 11.6 Å². The van der Waals surface area contributed by atoms with Crippen LogP contribution in [0.2, 0.25) is 0 Å². The van der Waals surface area contributed by atoms with Crippen LogP contribution in [-0.4, -0.2) is 19.1 Å². The standard InChI is InChI=1S/C19H25ClO2/c1-3-4-5-12-21-17-8-9-18-15(2)19(22-13-6-11-20)10-7-16(18)14-17/h7-10,14H,3-6,11-13H2,1-2H3. The van der Waals surface area contributed by atoms with E-state index in [1.165, 1.54) is 29.2 Å². The molecule has 2 aromatic rings. The Hall–Kier alpha value is -1.41. The summed E-state index contributed by atoms with van der Waals surface area (Å²) >= 11 is 5.69. The molecule has 0 spiro atoms. The maximum absolute atomic E-state index is 5.82. The molecule has 120 valence electrons. The first-order valence-corrected chi connectivity index (χ1v) is 8.64. The van der Waals surface area contributed by atoms with E-state index in [1.807, 2.05) is 12.1 Å². The summed E-state index contributed by atoms with van der Waals surface area (Å²) in [4.78, 5) is 0. The van der Waals surface area contributed by atoms with Gasteiger partial charge in [-0.05, 0) is 54.3 Å². The Morgan fingerprint density at radius 3 is 2.55 bits per heavy atom. The quantitative estimate of drug-likeness (QED) is 0.434. The Labute approximate surface area is 138 Å². The minimum atomic E-state index is 0.630. The molecular weight excluding hydrogens is 296 g/mol. The molecule has 0 atom stereocenters. The Bertz CT molecular complexity index is 595. The van der Waals surface area contributed by atoms with E-state index in [0.717, 1.165) is 30.9 Å². The molecule has 0 heterocycles. The predicted molar refractivity (Wildman–Crippen MR) is 94.5 cm³/mol. The fourth-order valence-electron chi connectivity index (χ4n) is 2.47. The molecule has 0 saturated heterocycles. The van der Waals surface area contributed by atoms with Gasteiger partial charge in [0.05, 0.1) is 13.2 Å². The van der Waals surface area contributed by atoms with Gasteiger partial charge in [-0.2, -0.15) is 0 Å². The number of hydrogen-bond donors (Lipinski definition) is 0. The molecule has 0 radical (unpaired) electrons. The van der Waals surface area contributed by atoms with Crippen LogP contribution in [-0.2, 0) is 0 Å². The second kappa shape index (κ2) is 8.89. The van der Waals surface area contributed by atoms with E-state index in [0.29, 0.717) is 12.5 Å². The summed E-state index contributed by atoms with van der Waals surface area (Å²) in [6.07, 6.45) is 4.41. The lowest BCUT2D eigenvalue weighted by Crippen LogP contribution is -2.00. The largest absolute Gasteiger partial charge is 0.494 e. The molecule has 3 heteroatoms. The molecule has 22 heavy (non-hydrogen) atoms. The van der Waals surface area contributed by atoms with Crippen LogP contribution in [0.1, 0.15) is 38.2 Å². The van der Waals surface area contributed by atoms with Crippen molar-refractivity contribution in [3.8, 4) is 11.5 Å². The first kappa shape index (κ1) is 17.0. The van der Waals surface area contributed by atoms with Gasteiger partial charge in [0.25, 0.3) is 0 Å². The summed E-state index contributed by atoms with van der Waals surface area (Å²) in [5.41, 5.74) is 1.17. The molecule has 0 saturated carbocycles. The number of hydrogen-bond acceptors (Lipinski definition) is 2. The van der Waals surface area contributed by atoms with E-state index in [1.54, 1.807) is 0 Å². The van der Waals surface area contributed by atoms with Gasteiger partial charge in [0.2, 0.25) is 0 Å². The molecular formula is C19H25ClO2. The molecule has 0 unspecified atom stereocenters. The molecule has 2 nitrogen and oxygen atoms in total. The van der Waals surface area contributed by atoms with Crippen molar-refractivity contribution in [2.45, 2.75) is 39.5 Å². The number of rotatable bonds is 9. The SMILES string of the molecule is CCCCCOc1ccc2c(C)c(OCCCCl)ccc2c1. The summed E-state index contributed by atoms with van der Waals surface area (Å²) in [6.45, 7) is 5.75. The average Bonchev–Trinajstić information content (AvgIpc) is 2.54. The van der Waals surface area contributed by atoms with E-state index in [4.69, 9.17) is 21.1 Å². The molecule has 0 aliphatic rings. The highest BCUT2D eigenvalue weighted by Crippen LogP contribution is 2.30. The number of halogens is 1. The van der Waals surface area contributed by atoms with Crippen LogP contribution < -0.4 is 9.47 Å². The van der Waals surface area contributed by atoms with Gasteiger partial charge in [0.15, 0.2) is 0 Å². The fraction of sp³-hybridized carbons (Fsp3) is 0.474. The third-order valence-corrected chi connectivity index (χ3v) is 4.03. The zero-order valence-corrected chi connectivity index (χ0v) is 14.3. The molecule has 0 amide bonds. The molecule has 2 rings (SSSR count). The number of aryl methyl sites for hydroxylation is 1. The van der Waals surface area contributed by atoms with Crippen molar-refractivity contribution in [1.82, 2.24) is 0 Å². The maximum atomic E-state index is 5.82. The number of ether oxygens (including phenoxy) is 2. The first-order chi connectivity index (χ1) is 10.8. The van der Waals surface area contributed by atoms with Crippen molar-refractivity contribution >= 4 is 22.4 Å². The van der Waals surface area contributed by atoms with E-state index in [-0.39, 0.29) is 0 Å². The second-order valence-corrected chi connectivity index (χ2v) is 5.90. The normalized spacial score (nSPS) is 10.9. The lowest BCUT2D eigenvalue weighted by atomic mass is 10.0. The average molecular weight is 321 g/mol. The van der Waals surface area contributed by atoms with E-state index in [2.05, 4.69) is 32.0 Å². The Morgan fingerprint density at radius 2 is 1.77 bits per heavy atom. The Balaban J connectivity index is 2.08. The van der Waals surface area contributed by atoms with Gasteiger partial charge in [-0.3, -0.25) is 0 Å². The smallest absolute Gasteiger partial charge is 0.122 e. The highest BCUT2D eigenvalue weighted by Gasteiger charge is 2.06. The third-order valence-electron chi connectivity index (χ3n) is 3.76. The Kier molecular flexibility index (Phi) is 6.85. The lowest BCUT2D eigenvalue weighted by molar-refractivity contribution is 0.306. The summed E-state index contributed by atoms with van der Waals surface area (Å²) in [6, 6.07) is 10.4. The highest BCUT2D eigenvalue weighted by atomic mass is 35.5. The molecule has 0 bridgehead atoms. The van der Waals surface area contributed by atoms with Crippen molar-refractivity contribution in [3.05, 3.63) is 35.9 Å². The molecule has 0 aromatic heterocycles. The van der Waals surface area contributed by atoms with Crippen molar-refractivity contribution in [2.75, 3.05) is 19.1 Å². The monoisotopic (exact) mass is 320 g/mol.